The van der Waals surface area contributed by atoms with Crippen molar-refractivity contribution in [2.45, 2.75) is 269 Å². The molecule has 24 nitrogen and oxygen atoms in total. The van der Waals surface area contributed by atoms with Gasteiger partial charge in [0.15, 0.2) is 0 Å². The third-order valence-corrected chi connectivity index (χ3v) is 28.2. The topological polar surface area (TPSA) is 214 Å². The molecule has 4 aromatic heterocycles. The number of nitrogens with zero attached hydrogens (tertiary/aromatic N) is 16. The quantitative estimate of drug-likeness (QED) is 0.0206. The van der Waals surface area contributed by atoms with Gasteiger partial charge in [-0.3, -0.25) is 19.2 Å². The Morgan fingerprint density at radius 2 is 0.653 bits per heavy atom. The molecule has 0 radical (unpaired) electrons. The molecule has 1 unspecified atom stereocenters. The van der Waals surface area contributed by atoms with Crippen molar-refractivity contribution in [2.75, 3.05) is 125 Å². The maximum atomic E-state index is 14.5. The van der Waals surface area contributed by atoms with Crippen LogP contribution in [0.2, 0.25) is 0 Å². The van der Waals surface area contributed by atoms with Crippen LogP contribution in [0.4, 0.5) is 22.0 Å². The van der Waals surface area contributed by atoms with E-state index in [0.717, 1.165) is 222 Å². The third kappa shape index (κ3) is 33.2. The zero-order valence-electron chi connectivity index (χ0n) is 89.4. The van der Waals surface area contributed by atoms with Gasteiger partial charge in [0.1, 0.15) is 52.4 Å². The highest BCUT2D eigenvalue weighted by Gasteiger charge is 2.30. The van der Waals surface area contributed by atoms with Gasteiger partial charge >= 0.3 is 0 Å². The number of halogens is 5. The Balaban J connectivity index is 0.000000164. The molecule has 29 heteroatoms. The van der Waals surface area contributed by atoms with Crippen LogP contribution in [0.25, 0.3) is 44.1 Å². The number of likely N-dealkylation sites (tertiary alicyclic amines) is 4. The number of rotatable bonds is 48. The van der Waals surface area contributed by atoms with Crippen molar-refractivity contribution >= 4 is 67.8 Å². The Bertz CT molecular complexity index is 6150. The van der Waals surface area contributed by atoms with E-state index in [1.54, 1.807) is 56.0 Å². The van der Waals surface area contributed by atoms with E-state index in [-0.39, 0.29) is 41.7 Å². The molecule has 4 N–H and O–H groups in total. The highest BCUT2D eigenvalue weighted by Crippen LogP contribution is 2.30. The SMILES string of the molecule is CCCN(Cc1nc2cc(CNCCC3CCCN3C)ccc2n1CCC)C(=O)c1cccc(F)c1.CCCN(Cc1nc2cc(CNCCN3CCCCC3)ccc2n1CCC)C(=O)c1cccc(F)c1.CCCn1c(CN(CC(C)C)C(=O)c2cc(F)ccc2F)nc2cc(CNCCN3CCCCC3)ccc21.CCCn1c(CN(CC(C)C)C(=O)c2cccc(F)c2)nc2cc(CNCCN3CCCCC3)ccc21. The van der Waals surface area contributed by atoms with E-state index >= 15 is 0 Å². The number of aromatic nitrogens is 8. The summed E-state index contributed by atoms with van der Waals surface area (Å²) >= 11 is 0. The lowest BCUT2D eigenvalue weighted by atomic mass is 10.1. The molecule has 4 aliphatic rings. The van der Waals surface area contributed by atoms with Crippen LogP contribution in [0.3, 0.4) is 0 Å². The van der Waals surface area contributed by atoms with E-state index in [1.165, 1.54) is 182 Å². The summed E-state index contributed by atoms with van der Waals surface area (Å²) < 4.78 is 78.5. The highest BCUT2D eigenvalue weighted by atomic mass is 19.1. The number of aryl methyl sites for hydroxylation is 4. The molecule has 1 atom stereocenters. The predicted octanol–water partition coefficient (Wildman–Crippen LogP) is 21.5. The number of hydrogen-bond donors (Lipinski definition) is 4. The van der Waals surface area contributed by atoms with Crippen molar-refractivity contribution in [2.24, 2.45) is 11.8 Å². The first-order valence-electron chi connectivity index (χ1n) is 54.9. The van der Waals surface area contributed by atoms with Gasteiger partial charge < -0.3 is 78.7 Å². The monoisotopic (exact) mass is 2020 g/mol. The van der Waals surface area contributed by atoms with Crippen molar-refractivity contribution in [1.29, 1.82) is 0 Å². The van der Waals surface area contributed by atoms with Crippen LogP contribution in [0.5, 0.6) is 0 Å². The summed E-state index contributed by atoms with van der Waals surface area (Å²) in [6.07, 6.45) is 21.2. The summed E-state index contributed by atoms with van der Waals surface area (Å²) in [5.74, 6) is 0.260. The van der Waals surface area contributed by atoms with Crippen LogP contribution in [0, 0.1) is 40.9 Å². The summed E-state index contributed by atoms with van der Waals surface area (Å²) in [4.78, 5) is 90.0. The van der Waals surface area contributed by atoms with E-state index in [0.29, 0.717) is 68.5 Å². The van der Waals surface area contributed by atoms with Crippen molar-refractivity contribution in [1.82, 2.24) is 98.7 Å². The Labute approximate surface area is 869 Å². The van der Waals surface area contributed by atoms with Crippen molar-refractivity contribution in [3.05, 3.63) is 261 Å². The first-order valence-corrected chi connectivity index (χ1v) is 54.9. The van der Waals surface area contributed by atoms with Crippen molar-refractivity contribution in [3.63, 3.8) is 0 Å². The lowest BCUT2D eigenvalue weighted by Gasteiger charge is -2.26. The van der Waals surface area contributed by atoms with E-state index in [2.05, 4.69) is 181 Å². The molecule has 4 fully saturated rings. The second-order valence-corrected chi connectivity index (χ2v) is 41.3. The van der Waals surface area contributed by atoms with E-state index in [4.69, 9.17) is 19.9 Å². The lowest BCUT2D eigenvalue weighted by molar-refractivity contribution is 0.0706. The third-order valence-electron chi connectivity index (χ3n) is 28.2. The fourth-order valence-corrected chi connectivity index (χ4v) is 20.8. The van der Waals surface area contributed by atoms with Gasteiger partial charge in [-0.05, 0) is 311 Å². The van der Waals surface area contributed by atoms with E-state index in [9.17, 15) is 41.1 Å². The molecule has 12 aromatic rings. The minimum absolute atomic E-state index is 0.155. The molecule has 4 saturated heterocycles. The van der Waals surface area contributed by atoms with Crippen molar-refractivity contribution in [3.8, 4) is 0 Å². The van der Waals surface area contributed by atoms with Crippen LogP contribution in [-0.4, -0.2) is 232 Å². The minimum atomic E-state index is -0.718. The number of carbonyl (C=O) groups excluding carboxylic acids is 4. The number of imidazole rings is 4. The zero-order valence-corrected chi connectivity index (χ0v) is 89.4. The molecule has 0 saturated carbocycles. The maximum Gasteiger partial charge on any atom is 0.257 e. The first-order chi connectivity index (χ1) is 71.4. The molecule has 4 amide bonds. The second-order valence-electron chi connectivity index (χ2n) is 41.3. The highest BCUT2D eigenvalue weighted by molar-refractivity contribution is 5.96. The summed E-state index contributed by atoms with van der Waals surface area (Å²) in [6.45, 7) is 46.7. The Morgan fingerprint density at radius 1 is 0.340 bits per heavy atom. The van der Waals surface area contributed by atoms with Gasteiger partial charge in [0, 0.05) is 141 Å². The normalized spacial score (nSPS) is 14.9. The summed E-state index contributed by atoms with van der Waals surface area (Å²) in [5.41, 5.74) is 13.8. The zero-order chi connectivity index (χ0) is 104. The number of nitrogens with one attached hydrogen (secondary N) is 4. The second kappa shape index (κ2) is 58.1. The number of piperidine rings is 3. The fourth-order valence-electron chi connectivity index (χ4n) is 20.8. The van der Waals surface area contributed by atoms with Gasteiger partial charge in [-0.2, -0.15) is 0 Å². The van der Waals surface area contributed by atoms with Gasteiger partial charge in [-0.1, -0.05) is 131 Å². The van der Waals surface area contributed by atoms with E-state index < -0.39 is 35.0 Å². The molecule has 4 aliphatic heterocycles. The van der Waals surface area contributed by atoms with Crippen LogP contribution in [0.1, 0.15) is 272 Å². The molecule has 794 valence electrons. The number of amides is 4. The van der Waals surface area contributed by atoms with Crippen molar-refractivity contribution < 1.29 is 41.1 Å². The van der Waals surface area contributed by atoms with Gasteiger partial charge in [0.05, 0.1) is 75.9 Å². The average Bonchev–Trinajstić information content (AvgIpc) is 1.65. The number of fused-ring (bicyclic) bond motifs is 4. The molecule has 16 rings (SSSR count). The standard InChI is InChI=1S/C30H41F2N5O.C30H42FN5O.2C29H40FN5O/c1-4-13-37-28-11-8-23(19-33-12-16-35-14-6-5-7-15-35)17-27(28)34-29(37)21-36(20-22(2)3)30(38)25-18-24(31)9-10-26(25)32;1-4-14-36-28-12-11-24(20-32-13-17-34-15-6-5-7-16-34)18-27(28)33-29(36)22-35(21-23(2)3)30(37)25-9-8-10-26(31)19-25;1-4-15-34(29(36)23-8-6-9-24(30)19-23)21-28-32-26-18-22(11-12-27(26)35(28)16-5-2)20-31-14-13-25-10-7-17-33(25)3;1-3-14-34(29(36)24-9-8-10-25(30)20-24)22-28-32-26-19-23(11-12-27(26)35(28)15-4-2)21-31-13-18-33-16-6-5-7-17-33/h8-11,17-18,22,33H,4-7,12-16,19-21H2,1-3H3;8-12,18-19,23,32H,4-7,13-17,20-22H2,1-3H3;6,8-9,11-12,18-19,25,31H,4-5,7,10,13-17,20-21H2,1-3H3;8-12,19-20,31H,3-7,13-18,21-22H2,1-2H3. The van der Waals surface area contributed by atoms with Gasteiger partial charge in [-0.15, -0.1) is 0 Å². The Hall–Kier alpha value is -11.2. The average molecular weight is 2020 g/mol. The summed E-state index contributed by atoms with van der Waals surface area (Å²) in [6, 6.07) is 47.4. The Kier molecular flexibility index (Phi) is 44.7. The molecule has 147 heavy (non-hydrogen) atoms. The number of carbonyl (C=O) groups is 4. The molecule has 0 bridgehead atoms. The minimum Gasteiger partial charge on any atom is -0.331 e. The number of benzene rings is 8. The number of hydrogen-bond acceptors (Lipinski definition) is 16. The van der Waals surface area contributed by atoms with Crippen LogP contribution < -0.4 is 21.3 Å². The lowest BCUT2D eigenvalue weighted by Crippen LogP contribution is -2.35. The van der Waals surface area contributed by atoms with Gasteiger partial charge in [0.2, 0.25) is 0 Å². The van der Waals surface area contributed by atoms with Crippen LogP contribution in [0.15, 0.2) is 164 Å². The Morgan fingerprint density at radius 3 is 0.959 bits per heavy atom. The van der Waals surface area contributed by atoms with Gasteiger partial charge in [-0.25, -0.2) is 41.9 Å². The largest absolute Gasteiger partial charge is 0.331 e. The van der Waals surface area contributed by atoms with Gasteiger partial charge in [0.25, 0.3) is 23.6 Å². The molecule has 8 aromatic carbocycles. The van der Waals surface area contributed by atoms with Crippen LogP contribution in [-0.2, 0) is 78.5 Å². The fraction of sp³-hybridized carbons (Fsp3) is 0.525. The first kappa shape index (κ1) is 113. The maximum absolute atomic E-state index is 14.5. The molecule has 0 aliphatic carbocycles. The molecule has 8 heterocycles. The summed E-state index contributed by atoms with van der Waals surface area (Å²) in [7, 11) is 2.23. The van der Waals surface area contributed by atoms with Crippen LogP contribution >= 0.6 is 0 Å². The smallest absolute Gasteiger partial charge is 0.257 e. The summed E-state index contributed by atoms with van der Waals surface area (Å²) in [5, 5.41) is 14.3. The molecular formula is C118H163F5N20O4. The molecule has 0 spiro atoms. The molecular weight excluding hydrogens is 1860 g/mol. The predicted molar refractivity (Wildman–Crippen MR) is 583 cm³/mol. The van der Waals surface area contributed by atoms with E-state index in [1.807, 2.05) is 27.7 Å².